The number of carbonyl (C=O) groups excluding carboxylic acids is 2. The summed E-state index contributed by atoms with van der Waals surface area (Å²) in [5.74, 6) is -0.841. The van der Waals surface area contributed by atoms with Gasteiger partial charge >= 0.3 is 19.8 Å². The summed E-state index contributed by atoms with van der Waals surface area (Å²) in [6.45, 7) is 4.15. The van der Waals surface area contributed by atoms with Crippen molar-refractivity contribution < 1.29 is 42.1 Å². The highest BCUT2D eigenvalue weighted by atomic mass is 31.2. The third-order valence-electron chi connectivity index (χ3n) is 15.7. The van der Waals surface area contributed by atoms with Crippen molar-refractivity contribution in [1.82, 2.24) is 0 Å². The predicted molar refractivity (Wildman–Crippen MR) is 435 cm³/mol. The van der Waals surface area contributed by atoms with Gasteiger partial charge in [0.15, 0.2) is 6.10 Å². The van der Waals surface area contributed by atoms with Crippen molar-refractivity contribution in [3.63, 3.8) is 0 Å². The molecule has 10 heteroatoms. The van der Waals surface area contributed by atoms with Crippen molar-refractivity contribution in [2.45, 2.75) is 277 Å². The molecule has 1 N–H and O–H groups in total. The van der Waals surface area contributed by atoms with Crippen LogP contribution in [0.25, 0.3) is 0 Å². The molecule has 0 spiro atoms. The van der Waals surface area contributed by atoms with E-state index >= 15 is 0 Å². The number of phosphoric ester groups is 1. The summed E-state index contributed by atoms with van der Waals surface area (Å²) in [6.07, 6.45) is 125. The Morgan fingerprint density at radius 2 is 0.540 bits per heavy atom. The zero-order valence-corrected chi connectivity index (χ0v) is 64.7. The lowest BCUT2D eigenvalue weighted by Gasteiger charge is -2.24. The number of hydrogen-bond donors (Lipinski definition) is 1. The number of rotatable bonds is 69. The molecule has 0 saturated heterocycles. The van der Waals surface area contributed by atoms with Crippen molar-refractivity contribution in [2.24, 2.45) is 0 Å². The normalized spacial score (nSPS) is 14.3. The molecular weight excluding hydrogens is 1250 g/mol. The fraction of sp³-hybridized carbons (Fsp3) is 0.556. The number of carbonyl (C=O) groups is 2. The van der Waals surface area contributed by atoms with Gasteiger partial charge in [0.25, 0.3) is 0 Å². The summed E-state index contributed by atoms with van der Waals surface area (Å²) in [6, 6.07) is 0. The van der Waals surface area contributed by atoms with Gasteiger partial charge in [-0.25, -0.2) is 4.57 Å². The summed E-state index contributed by atoms with van der Waals surface area (Å²) in [5.41, 5.74) is 0. The van der Waals surface area contributed by atoms with Crippen LogP contribution in [0.2, 0.25) is 0 Å². The first-order valence-corrected chi connectivity index (χ1v) is 40.6. The Labute approximate surface area is 613 Å². The maximum Gasteiger partial charge on any atom is 0.472 e. The van der Waals surface area contributed by atoms with Crippen LogP contribution in [-0.4, -0.2) is 74.9 Å². The molecule has 0 aromatic heterocycles. The molecule has 0 bridgehead atoms. The average molecular weight is 1400 g/mol. The van der Waals surface area contributed by atoms with Crippen LogP contribution in [0.4, 0.5) is 0 Å². The van der Waals surface area contributed by atoms with E-state index in [9.17, 15) is 19.0 Å². The number of phosphoric acid groups is 1. The molecule has 0 aromatic carbocycles. The highest BCUT2D eigenvalue weighted by Crippen LogP contribution is 2.43. The van der Waals surface area contributed by atoms with Crippen LogP contribution in [0, 0.1) is 0 Å². The minimum atomic E-state index is -4.42. The van der Waals surface area contributed by atoms with E-state index in [1.165, 1.54) is 64.2 Å². The molecule has 0 aliphatic heterocycles. The molecule has 0 aliphatic rings. The zero-order chi connectivity index (χ0) is 72.5. The van der Waals surface area contributed by atoms with Crippen LogP contribution in [0.15, 0.2) is 231 Å². The molecule has 0 aliphatic carbocycles. The largest absolute Gasteiger partial charge is 0.472 e. The van der Waals surface area contributed by atoms with Gasteiger partial charge in [0.2, 0.25) is 0 Å². The lowest BCUT2D eigenvalue weighted by atomic mass is 10.0. The number of ether oxygens (including phenoxy) is 2. The number of hydrogen-bond acceptors (Lipinski definition) is 7. The van der Waals surface area contributed by atoms with Crippen LogP contribution >= 0.6 is 7.82 Å². The Balaban J connectivity index is 4.13. The van der Waals surface area contributed by atoms with Gasteiger partial charge in [-0.2, -0.15) is 0 Å². The molecule has 2 unspecified atom stereocenters. The highest BCUT2D eigenvalue weighted by molar-refractivity contribution is 7.47. The van der Waals surface area contributed by atoms with Gasteiger partial charge < -0.3 is 18.9 Å². The summed E-state index contributed by atoms with van der Waals surface area (Å²) >= 11 is 0. The van der Waals surface area contributed by atoms with E-state index in [1.54, 1.807) is 0 Å². The van der Waals surface area contributed by atoms with Crippen molar-refractivity contribution in [3.05, 3.63) is 231 Å². The van der Waals surface area contributed by atoms with Gasteiger partial charge in [0.1, 0.15) is 19.8 Å². The molecule has 0 rings (SSSR count). The predicted octanol–water partition coefficient (Wildman–Crippen LogP) is 26.5. The smallest absolute Gasteiger partial charge is 0.462 e. The van der Waals surface area contributed by atoms with E-state index in [0.717, 1.165) is 173 Å². The number of unbranched alkanes of at least 4 members (excludes halogenated alkanes) is 17. The number of allylic oxidation sites excluding steroid dienone is 38. The topological polar surface area (TPSA) is 108 Å². The third kappa shape index (κ3) is 81.0. The fourth-order valence-electron chi connectivity index (χ4n) is 9.80. The second-order valence-corrected chi connectivity index (χ2v) is 27.7. The fourth-order valence-corrected chi connectivity index (χ4v) is 10.5. The lowest BCUT2D eigenvalue weighted by Crippen LogP contribution is -2.37. The van der Waals surface area contributed by atoms with Crippen LogP contribution in [0.5, 0.6) is 0 Å². The third-order valence-corrected chi connectivity index (χ3v) is 16.7. The number of quaternary nitrogens is 1. The monoisotopic (exact) mass is 1400 g/mol. The van der Waals surface area contributed by atoms with E-state index in [1.807, 2.05) is 21.1 Å². The average Bonchev–Trinajstić information content (AvgIpc) is 1.65. The van der Waals surface area contributed by atoms with Crippen LogP contribution in [-0.2, 0) is 32.7 Å². The van der Waals surface area contributed by atoms with Gasteiger partial charge in [0.05, 0.1) is 27.7 Å². The minimum absolute atomic E-state index is 0.0145. The van der Waals surface area contributed by atoms with Crippen molar-refractivity contribution >= 4 is 19.8 Å². The van der Waals surface area contributed by atoms with Gasteiger partial charge in [-0.15, -0.1) is 0 Å². The van der Waals surface area contributed by atoms with Crippen molar-refractivity contribution in [3.8, 4) is 0 Å². The Kier molecular flexibility index (Phi) is 72.7. The molecule has 560 valence electrons. The molecule has 0 heterocycles. The molecule has 2 atom stereocenters. The van der Waals surface area contributed by atoms with E-state index in [0.29, 0.717) is 17.4 Å². The quantitative estimate of drug-likeness (QED) is 0.0211. The van der Waals surface area contributed by atoms with Crippen LogP contribution in [0.3, 0.4) is 0 Å². The Morgan fingerprint density at radius 3 is 0.800 bits per heavy atom. The molecule has 0 saturated carbocycles. The Morgan fingerprint density at radius 1 is 0.310 bits per heavy atom. The van der Waals surface area contributed by atoms with Gasteiger partial charge in [0, 0.05) is 12.8 Å². The van der Waals surface area contributed by atoms with E-state index in [4.69, 9.17) is 18.5 Å². The Bertz CT molecular complexity index is 2550. The van der Waals surface area contributed by atoms with Crippen molar-refractivity contribution in [1.29, 1.82) is 0 Å². The molecule has 9 nitrogen and oxygen atoms in total. The van der Waals surface area contributed by atoms with E-state index < -0.39 is 26.5 Å². The molecule has 0 amide bonds. The first-order valence-electron chi connectivity index (χ1n) is 39.1. The summed E-state index contributed by atoms with van der Waals surface area (Å²) in [5, 5.41) is 0. The first kappa shape index (κ1) is 94.1. The van der Waals surface area contributed by atoms with Gasteiger partial charge in [-0.3, -0.25) is 18.6 Å². The maximum absolute atomic E-state index is 12.9. The highest BCUT2D eigenvalue weighted by Gasteiger charge is 2.27. The number of likely N-dealkylation sites (N-methyl/N-ethyl adjacent to an activating group) is 1. The van der Waals surface area contributed by atoms with E-state index in [-0.39, 0.29) is 32.0 Å². The molecule has 100 heavy (non-hydrogen) atoms. The summed E-state index contributed by atoms with van der Waals surface area (Å²) in [4.78, 5) is 36.0. The second-order valence-electron chi connectivity index (χ2n) is 26.3. The maximum atomic E-state index is 12.9. The van der Waals surface area contributed by atoms with Gasteiger partial charge in [-0.05, 0) is 161 Å². The van der Waals surface area contributed by atoms with Crippen LogP contribution in [0.1, 0.15) is 271 Å². The molecular formula is C90H143NO8P+. The molecule has 0 radical (unpaired) electrons. The SMILES string of the molecule is CC/C=C\C/C=C\C/C=C\C/C=C\C/C=C\C/C=C\C/C=C\C/C=C\C/C=C\C/C=C\CCCCCCC(=O)OC(COC(=O)CCCCCCCCCCCCCCC/C=C\C/C=C\C/C=C\C/C=C\C/C=C\C/C=C\C/C=C\C/C=C\C/C=C\CC)COP(=O)(O)OCC[N+](C)(C)C. The molecule has 0 fully saturated rings. The zero-order valence-electron chi connectivity index (χ0n) is 63.8. The summed E-state index contributed by atoms with van der Waals surface area (Å²) < 4.78 is 34.7. The Hall–Kier alpha value is -5.93. The van der Waals surface area contributed by atoms with Crippen molar-refractivity contribution in [2.75, 3.05) is 47.5 Å². The summed E-state index contributed by atoms with van der Waals surface area (Å²) in [7, 11) is 1.43. The first-order chi connectivity index (χ1) is 49.0. The van der Waals surface area contributed by atoms with Gasteiger partial charge in [-0.1, -0.05) is 328 Å². The second kappa shape index (κ2) is 77.2. The number of esters is 2. The minimum Gasteiger partial charge on any atom is -0.462 e. The van der Waals surface area contributed by atoms with E-state index in [2.05, 4.69) is 245 Å². The standard InChI is InChI=1S/C90H142NO8P/c1-6-8-10-12-14-16-18-20-22-24-26-28-30-32-34-36-38-40-42-43-44-45-46-47-49-50-52-54-56-58-60-62-64-66-68-70-72-74-76-78-80-82-89(92)96-86-88(87-98-100(94,95)97-85-84-91(3,4)5)99-90(93)83-81-79-77-75-73-71-69-67-65-63-61-59-57-55-53-51-48-41-39-37-35-33-31-29-27-25-23-21-19-17-15-13-11-9-7-2/h8-11,14-17,20-23,26-29,32-35,38-41,43-44,46-47,50-53,57,59,63,65,69,71,88H,6-7,12-13,18-19,24-25,30-31,36-37,42,45,48-49,54-56,58,60-62,64,66-68,70,72-87H2,1-5H3/p+1/b10-8-,11-9-,16-14-,17-15-,22-20-,23-21-,28-26-,29-27-,34-32-,35-33-,40-38-,41-39-,44-43-,47-46-,52-50-,53-51-,59-57-,65-63-,71-69-. The molecule has 0 aromatic rings. The van der Waals surface area contributed by atoms with Crippen LogP contribution < -0.4 is 0 Å². The lowest BCUT2D eigenvalue weighted by molar-refractivity contribution is -0.870. The number of nitrogens with zero attached hydrogens (tertiary/aromatic N) is 1.